The van der Waals surface area contributed by atoms with E-state index in [1.807, 2.05) is 54.6 Å². The maximum Gasteiger partial charge on any atom is 0.131 e. The first-order chi connectivity index (χ1) is 9.57. The minimum absolute atomic E-state index is 0.670. The summed E-state index contributed by atoms with van der Waals surface area (Å²) in [5, 5.41) is 2.16. The van der Waals surface area contributed by atoms with E-state index in [-0.39, 0.29) is 0 Å². The Bertz CT molecular complexity index is 751. The third-order valence-electron chi connectivity index (χ3n) is 3.50. The average molecular weight is 265 g/mol. The van der Waals surface area contributed by atoms with Crippen molar-refractivity contribution < 1.29 is 4.39 Å². The van der Waals surface area contributed by atoms with E-state index in [0.29, 0.717) is 5.56 Å². The Balaban J connectivity index is 2.32. The van der Waals surface area contributed by atoms with Crippen molar-refractivity contribution in [1.29, 1.82) is 0 Å². The number of aromatic nitrogens is 1. The molecule has 20 heavy (non-hydrogen) atoms. The molecule has 0 N–H and O–H groups in total. The molecule has 100 valence electrons. The summed E-state index contributed by atoms with van der Waals surface area (Å²) in [4.78, 5) is 4.48. The van der Waals surface area contributed by atoms with Crippen molar-refractivity contribution in [1.82, 2.24) is 4.98 Å². The molecule has 0 aliphatic heterocycles. The third-order valence-corrected chi connectivity index (χ3v) is 3.50. The lowest BCUT2D eigenvalue weighted by atomic mass is 9.91. The summed E-state index contributed by atoms with van der Waals surface area (Å²) in [6, 6.07) is 17.6. The van der Waals surface area contributed by atoms with Crippen LogP contribution in [0.5, 0.6) is 0 Å². The van der Waals surface area contributed by atoms with Crippen LogP contribution in [0.2, 0.25) is 0 Å². The van der Waals surface area contributed by atoms with E-state index in [2.05, 4.69) is 4.98 Å². The van der Waals surface area contributed by atoms with Gasteiger partial charge in [-0.05, 0) is 30.9 Å². The summed E-state index contributed by atoms with van der Waals surface area (Å²) in [6.07, 6.45) is 1.78. The zero-order valence-corrected chi connectivity index (χ0v) is 11.6. The van der Waals surface area contributed by atoms with Gasteiger partial charge in [-0.25, -0.2) is 4.39 Å². The zero-order valence-electron chi connectivity index (χ0n) is 11.6. The van der Waals surface area contributed by atoms with Crippen molar-refractivity contribution in [3.8, 4) is 11.3 Å². The van der Waals surface area contributed by atoms with Gasteiger partial charge in [0.1, 0.15) is 5.67 Å². The Kier molecular flexibility index (Phi) is 3.01. The van der Waals surface area contributed by atoms with Crippen molar-refractivity contribution in [3.05, 3.63) is 66.4 Å². The number of alkyl halides is 1. The molecule has 3 rings (SSSR count). The molecule has 3 aromatic rings. The molecule has 0 aliphatic carbocycles. The highest BCUT2D eigenvalue weighted by Gasteiger charge is 2.23. The highest BCUT2D eigenvalue weighted by Crippen LogP contribution is 2.35. The summed E-state index contributed by atoms with van der Waals surface area (Å²) in [6.45, 7) is 3.16. The first-order valence-electron chi connectivity index (χ1n) is 6.70. The molecule has 0 atom stereocenters. The van der Waals surface area contributed by atoms with Gasteiger partial charge in [0.15, 0.2) is 0 Å². The van der Waals surface area contributed by atoms with Crippen LogP contribution in [0.25, 0.3) is 22.0 Å². The van der Waals surface area contributed by atoms with Gasteiger partial charge in [-0.1, -0.05) is 48.5 Å². The van der Waals surface area contributed by atoms with Gasteiger partial charge in [-0.2, -0.15) is 0 Å². The van der Waals surface area contributed by atoms with Crippen molar-refractivity contribution in [2.45, 2.75) is 19.5 Å². The first-order valence-corrected chi connectivity index (χ1v) is 6.70. The van der Waals surface area contributed by atoms with Gasteiger partial charge in [-0.15, -0.1) is 0 Å². The molecule has 1 heterocycles. The number of rotatable bonds is 2. The quantitative estimate of drug-likeness (QED) is 0.627. The van der Waals surface area contributed by atoms with Gasteiger partial charge in [0.05, 0.1) is 5.69 Å². The first kappa shape index (κ1) is 12.8. The van der Waals surface area contributed by atoms with Gasteiger partial charge < -0.3 is 0 Å². The van der Waals surface area contributed by atoms with Gasteiger partial charge in [0.25, 0.3) is 0 Å². The lowest BCUT2D eigenvalue weighted by molar-refractivity contribution is 0.222. The topological polar surface area (TPSA) is 12.9 Å². The Morgan fingerprint density at radius 2 is 1.60 bits per heavy atom. The molecule has 0 amide bonds. The van der Waals surface area contributed by atoms with Gasteiger partial charge in [0.2, 0.25) is 0 Å². The van der Waals surface area contributed by atoms with Gasteiger partial charge in [-0.3, -0.25) is 4.98 Å². The maximum atomic E-state index is 14.4. The fraction of sp³-hybridized carbons (Fsp3) is 0.167. The number of hydrogen-bond donors (Lipinski definition) is 0. The molecular weight excluding hydrogens is 249 g/mol. The molecule has 0 fully saturated rings. The Labute approximate surface area is 118 Å². The molecule has 0 saturated carbocycles. The van der Waals surface area contributed by atoms with Crippen molar-refractivity contribution >= 4 is 10.8 Å². The summed E-state index contributed by atoms with van der Waals surface area (Å²) >= 11 is 0. The third kappa shape index (κ3) is 2.18. The zero-order chi connectivity index (χ0) is 14.2. The normalized spacial score (nSPS) is 11.8. The van der Waals surface area contributed by atoms with Crippen LogP contribution in [0.15, 0.2) is 60.8 Å². The van der Waals surface area contributed by atoms with Crippen LogP contribution in [0.3, 0.4) is 0 Å². The number of nitrogens with zero attached hydrogens (tertiary/aromatic N) is 1. The largest absolute Gasteiger partial charge is 0.256 e. The fourth-order valence-electron chi connectivity index (χ4n) is 2.54. The second-order valence-electron chi connectivity index (χ2n) is 5.40. The summed E-state index contributed by atoms with van der Waals surface area (Å²) in [7, 11) is 0. The number of hydrogen-bond acceptors (Lipinski definition) is 1. The number of benzene rings is 2. The fourth-order valence-corrected chi connectivity index (χ4v) is 2.54. The predicted octanol–water partition coefficient (Wildman–Crippen LogP) is 5.11. The maximum absolute atomic E-state index is 14.4. The Hall–Kier alpha value is -2.22. The van der Waals surface area contributed by atoms with Crippen molar-refractivity contribution in [2.24, 2.45) is 0 Å². The molecule has 1 nitrogen and oxygen atoms in total. The van der Waals surface area contributed by atoms with E-state index >= 15 is 0 Å². The van der Waals surface area contributed by atoms with Crippen LogP contribution >= 0.6 is 0 Å². The SMILES string of the molecule is CC(C)(F)c1ccccc1-c1nccc2ccccc12. The summed E-state index contributed by atoms with van der Waals surface area (Å²) in [5.41, 5.74) is 0.972. The smallest absolute Gasteiger partial charge is 0.131 e. The highest BCUT2D eigenvalue weighted by molar-refractivity contribution is 5.95. The number of pyridine rings is 1. The standard InChI is InChI=1S/C18H16FN/c1-18(2,19)16-10-6-5-9-15(16)17-14-8-4-3-7-13(14)11-12-20-17/h3-12H,1-2H3. The molecule has 2 heteroatoms. The number of halogens is 1. The van der Waals surface area contributed by atoms with E-state index in [0.717, 1.165) is 22.0 Å². The van der Waals surface area contributed by atoms with Crippen LogP contribution < -0.4 is 0 Å². The Morgan fingerprint density at radius 3 is 2.40 bits per heavy atom. The van der Waals surface area contributed by atoms with Crippen molar-refractivity contribution in [3.63, 3.8) is 0 Å². The molecule has 0 aliphatic rings. The second kappa shape index (κ2) is 4.71. The molecule has 0 spiro atoms. The molecule has 2 aromatic carbocycles. The van der Waals surface area contributed by atoms with Crippen LogP contribution in [0, 0.1) is 0 Å². The van der Waals surface area contributed by atoms with Gasteiger partial charge >= 0.3 is 0 Å². The number of fused-ring (bicyclic) bond motifs is 1. The molecule has 1 aromatic heterocycles. The molecular formula is C18H16FN. The summed E-state index contributed by atoms with van der Waals surface area (Å²) < 4.78 is 14.4. The van der Waals surface area contributed by atoms with E-state index in [4.69, 9.17) is 0 Å². The molecule has 0 radical (unpaired) electrons. The average Bonchev–Trinajstić information content (AvgIpc) is 2.46. The van der Waals surface area contributed by atoms with Crippen LogP contribution in [-0.2, 0) is 5.67 Å². The lowest BCUT2D eigenvalue weighted by Gasteiger charge is -2.19. The van der Waals surface area contributed by atoms with Gasteiger partial charge in [0, 0.05) is 17.1 Å². The lowest BCUT2D eigenvalue weighted by Crippen LogP contribution is -2.11. The second-order valence-corrected chi connectivity index (χ2v) is 5.40. The van der Waals surface area contributed by atoms with E-state index in [1.54, 1.807) is 20.0 Å². The molecule has 0 saturated heterocycles. The van der Waals surface area contributed by atoms with Crippen LogP contribution in [0.4, 0.5) is 4.39 Å². The highest BCUT2D eigenvalue weighted by atomic mass is 19.1. The molecule has 0 bridgehead atoms. The minimum atomic E-state index is -1.39. The van der Waals surface area contributed by atoms with E-state index in [1.165, 1.54) is 0 Å². The van der Waals surface area contributed by atoms with Crippen LogP contribution in [-0.4, -0.2) is 4.98 Å². The van der Waals surface area contributed by atoms with Crippen LogP contribution in [0.1, 0.15) is 19.4 Å². The van der Waals surface area contributed by atoms with E-state index < -0.39 is 5.67 Å². The minimum Gasteiger partial charge on any atom is -0.256 e. The van der Waals surface area contributed by atoms with E-state index in [9.17, 15) is 4.39 Å². The monoisotopic (exact) mass is 265 g/mol. The molecule has 0 unspecified atom stereocenters. The Morgan fingerprint density at radius 1 is 0.900 bits per heavy atom. The summed E-state index contributed by atoms with van der Waals surface area (Å²) in [5.74, 6) is 0. The predicted molar refractivity (Wildman–Crippen MR) is 81.3 cm³/mol. The van der Waals surface area contributed by atoms with Crippen molar-refractivity contribution in [2.75, 3.05) is 0 Å².